The molecule has 1 saturated carbocycles. The monoisotopic (exact) mass is 250 g/mol. The number of nitrogens with zero attached hydrogens (tertiary/aromatic N) is 2. The molecule has 18 heavy (non-hydrogen) atoms. The number of hydrogen-bond donors (Lipinski definition) is 3. The Bertz CT molecular complexity index is 371. The van der Waals surface area contributed by atoms with Gasteiger partial charge in [-0.25, -0.2) is 0 Å². The van der Waals surface area contributed by atoms with Crippen LogP contribution in [0.5, 0.6) is 0 Å². The van der Waals surface area contributed by atoms with Gasteiger partial charge in [-0.3, -0.25) is 0 Å². The molecule has 0 radical (unpaired) electrons. The number of hydrogen-bond acceptors (Lipinski definition) is 5. The van der Waals surface area contributed by atoms with E-state index in [4.69, 9.17) is 5.73 Å². The van der Waals surface area contributed by atoms with Crippen LogP contribution in [0.2, 0.25) is 0 Å². The molecule has 1 heterocycles. The maximum Gasteiger partial charge on any atom is 0.148 e. The first kappa shape index (κ1) is 13.1. The van der Waals surface area contributed by atoms with Gasteiger partial charge in [0.2, 0.25) is 0 Å². The largest absolute Gasteiger partial charge is 0.388 e. The highest BCUT2D eigenvalue weighted by Gasteiger charge is 2.32. The average molecular weight is 250 g/mol. The Morgan fingerprint density at radius 3 is 2.67 bits per heavy atom. The Morgan fingerprint density at radius 1 is 1.39 bits per heavy atom. The third-order valence-corrected chi connectivity index (χ3v) is 3.90. The zero-order valence-corrected chi connectivity index (χ0v) is 10.9. The minimum Gasteiger partial charge on any atom is -0.388 e. The van der Waals surface area contributed by atoms with E-state index in [2.05, 4.69) is 22.4 Å². The van der Waals surface area contributed by atoms with Crippen molar-refractivity contribution in [1.82, 2.24) is 10.2 Å². The van der Waals surface area contributed by atoms with Crippen LogP contribution in [-0.2, 0) is 0 Å². The van der Waals surface area contributed by atoms with E-state index in [1.54, 1.807) is 12.1 Å². The van der Waals surface area contributed by atoms with Gasteiger partial charge < -0.3 is 16.2 Å². The van der Waals surface area contributed by atoms with Crippen molar-refractivity contribution in [2.24, 2.45) is 5.92 Å². The zero-order valence-electron chi connectivity index (χ0n) is 10.9. The summed E-state index contributed by atoms with van der Waals surface area (Å²) in [4.78, 5) is 0. The first-order valence-electron chi connectivity index (χ1n) is 6.67. The molecule has 0 bridgehead atoms. The Hall–Kier alpha value is -1.36. The first-order valence-corrected chi connectivity index (χ1v) is 6.67. The second-order valence-electron chi connectivity index (χ2n) is 5.27. The van der Waals surface area contributed by atoms with Crippen molar-refractivity contribution in [1.29, 1.82) is 0 Å². The molecule has 0 spiro atoms. The summed E-state index contributed by atoms with van der Waals surface area (Å²) >= 11 is 0. The third-order valence-electron chi connectivity index (χ3n) is 3.90. The molecule has 0 aliphatic heterocycles. The Labute approximate surface area is 108 Å². The molecule has 2 rings (SSSR count). The molecule has 4 N–H and O–H groups in total. The number of aromatic nitrogens is 2. The molecule has 1 fully saturated rings. The topological polar surface area (TPSA) is 84.1 Å². The number of nitrogens with one attached hydrogen (secondary N) is 1. The normalized spacial score (nSPS) is 28.0. The molecular formula is C13H22N4O. The summed E-state index contributed by atoms with van der Waals surface area (Å²) in [6, 6.07) is 3.48. The fraction of sp³-hybridized carbons (Fsp3) is 0.692. The van der Waals surface area contributed by atoms with Crippen molar-refractivity contribution in [3.63, 3.8) is 0 Å². The van der Waals surface area contributed by atoms with Crippen molar-refractivity contribution in [2.75, 3.05) is 17.6 Å². The molecule has 0 unspecified atom stereocenters. The van der Waals surface area contributed by atoms with E-state index in [1.807, 2.05) is 0 Å². The number of anilines is 2. The van der Waals surface area contributed by atoms with Crippen LogP contribution < -0.4 is 11.1 Å². The summed E-state index contributed by atoms with van der Waals surface area (Å²) in [5.41, 5.74) is 4.87. The highest BCUT2D eigenvalue weighted by molar-refractivity contribution is 5.38. The van der Waals surface area contributed by atoms with Crippen LogP contribution >= 0.6 is 0 Å². The predicted octanol–water partition coefficient (Wildman–Crippen LogP) is 1.80. The lowest BCUT2D eigenvalue weighted by Gasteiger charge is -2.35. The van der Waals surface area contributed by atoms with Gasteiger partial charge in [-0.05, 0) is 43.7 Å². The average Bonchev–Trinajstić information content (AvgIpc) is 2.39. The highest BCUT2D eigenvalue weighted by Crippen LogP contribution is 2.33. The minimum atomic E-state index is -0.602. The summed E-state index contributed by atoms with van der Waals surface area (Å²) < 4.78 is 0. The van der Waals surface area contributed by atoms with Crippen molar-refractivity contribution >= 4 is 11.6 Å². The summed E-state index contributed by atoms with van der Waals surface area (Å²) in [6.07, 6.45) is 5.17. The quantitative estimate of drug-likeness (QED) is 0.759. The third kappa shape index (κ3) is 3.32. The maximum atomic E-state index is 10.5. The van der Waals surface area contributed by atoms with E-state index in [-0.39, 0.29) is 0 Å². The Kier molecular flexibility index (Phi) is 4.01. The fourth-order valence-electron chi connectivity index (χ4n) is 2.49. The Balaban J connectivity index is 1.84. The first-order chi connectivity index (χ1) is 8.61. The van der Waals surface area contributed by atoms with E-state index in [0.717, 1.165) is 31.6 Å². The van der Waals surface area contributed by atoms with Crippen molar-refractivity contribution in [2.45, 2.75) is 44.6 Å². The number of nitrogens with two attached hydrogens (primary N) is 1. The molecule has 5 heteroatoms. The lowest BCUT2D eigenvalue weighted by Crippen LogP contribution is -2.40. The summed E-state index contributed by atoms with van der Waals surface area (Å²) in [6.45, 7) is 2.75. The summed E-state index contributed by atoms with van der Waals surface area (Å²) in [5.74, 6) is 1.85. The second kappa shape index (κ2) is 5.52. The van der Waals surface area contributed by atoms with Crippen LogP contribution in [0.1, 0.15) is 39.0 Å². The van der Waals surface area contributed by atoms with E-state index >= 15 is 0 Å². The SMILES string of the molecule is CCC1CCC(O)(CNc2ccc(N)nn2)CC1. The van der Waals surface area contributed by atoms with Crippen LogP contribution in [-0.4, -0.2) is 27.4 Å². The summed E-state index contributed by atoms with van der Waals surface area (Å²) in [5, 5.41) is 21.3. The van der Waals surface area contributed by atoms with E-state index in [9.17, 15) is 5.11 Å². The number of aliphatic hydroxyl groups is 1. The van der Waals surface area contributed by atoms with Crippen LogP contribution in [0.3, 0.4) is 0 Å². The van der Waals surface area contributed by atoms with Crippen molar-refractivity contribution < 1.29 is 5.11 Å². The van der Waals surface area contributed by atoms with Crippen LogP contribution in [0.15, 0.2) is 12.1 Å². The molecule has 1 aromatic rings. The van der Waals surface area contributed by atoms with Gasteiger partial charge in [0.1, 0.15) is 11.6 Å². The van der Waals surface area contributed by atoms with E-state index in [0.29, 0.717) is 18.2 Å². The maximum absolute atomic E-state index is 10.5. The standard InChI is InChI=1S/C13H22N4O/c1-2-10-5-7-13(18,8-6-10)9-15-12-4-3-11(14)16-17-12/h3-4,10,18H,2,5-9H2,1H3,(H2,14,16)(H,15,17). The van der Waals surface area contributed by atoms with Gasteiger partial charge in [-0.1, -0.05) is 13.3 Å². The van der Waals surface area contributed by atoms with Gasteiger partial charge in [-0.2, -0.15) is 0 Å². The lowest BCUT2D eigenvalue weighted by atomic mass is 9.78. The van der Waals surface area contributed by atoms with Gasteiger partial charge in [0.15, 0.2) is 0 Å². The number of rotatable bonds is 4. The second-order valence-corrected chi connectivity index (χ2v) is 5.27. The molecule has 1 aromatic heterocycles. The Morgan fingerprint density at radius 2 is 2.11 bits per heavy atom. The molecule has 1 aliphatic carbocycles. The molecule has 100 valence electrons. The van der Waals surface area contributed by atoms with Gasteiger partial charge >= 0.3 is 0 Å². The molecule has 1 aliphatic rings. The van der Waals surface area contributed by atoms with Gasteiger partial charge in [0, 0.05) is 6.54 Å². The van der Waals surface area contributed by atoms with E-state index in [1.165, 1.54) is 6.42 Å². The van der Waals surface area contributed by atoms with Crippen molar-refractivity contribution in [3.8, 4) is 0 Å². The predicted molar refractivity (Wildman–Crippen MR) is 72.1 cm³/mol. The smallest absolute Gasteiger partial charge is 0.148 e. The highest BCUT2D eigenvalue weighted by atomic mass is 16.3. The minimum absolute atomic E-state index is 0.405. The van der Waals surface area contributed by atoms with Crippen LogP contribution in [0, 0.1) is 5.92 Å². The zero-order chi connectivity index (χ0) is 13.0. The molecule has 0 atom stereocenters. The van der Waals surface area contributed by atoms with Gasteiger partial charge in [-0.15, -0.1) is 10.2 Å². The van der Waals surface area contributed by atoms with Crippen molar-refractivity contribution in [3.05, 3.63) is 12.1 Å². The van der Waals surface area contributed by atoms with Crippen LogP contribution in [0.4, 0.5) is 11.6 Å². The fourth-order valence-corrected chi connectivity index (χ4v) is 2.49. The molecule has 0 saturated heterocycles. The molecule has 0 amide bonds. The van der Waals surface area contributed by atoms with Gasteiger partial charge in [0.25, 0.3) is 0 Å². The molecular weight excluding hydrogens is 228 g/mol. The van der Waals surface area contributed by atoms with Gasteiger partial charge in [0.05, 0.1) is 5.60 Å². The lowest BCUT2D eigenvalue weighted by molar-refractivity contribution is 0.00222. The van der Waals surface area contributed by atoms with Crippen LogP contribution in [0.25, 0.3) is 0 Å². The summed E-state index contributed by atoms with van der Waals surface area (Å²) in [7, 11) is 0. The molecule has 0 aromatic carbocycles. The van der Waals surface area contributed by atoms with E-state index < -0.39 is 5.60 Å². The number of nitrogen functional groups attached to an aromatic ring is 1. The molecule has 5 nitrogen and oxygen atoms in total.